The van der Waals surface area contributed by atoms with E-state index >= 15 is 0 Å². The van der Waals surface area contributed by atoms with Crippen LogP contribution in [0.5, 0.6) is 0 Å². The first-order valence-corrected chi connectivity index (χ1v) is 7.88. The Kier molecular flexibility index (Phi) is 4.78. The average Bonchev–Trinajstić information content (AvgIpc) is 3.28. The SMILES string of the molecule is Cc1oc(CCN(C)C(=O)c2ccccc2-n2nccn2)nc1C(=O)O. The van der Waals surface area contributed by atoms with Gasteiger partial charge in [0, 0.05) is 20.0 Å². The third kappa shape index (κ3) is 3.46. The molecule has 3 aromatic rings. The molecule has 26 heavy (non-hydrogen) atoms. The zero-order valence-corrected chi connectivity index (χ0v) is 14.3. The maximum atomic E-state index is 12.8. The zero-order valence-electron chi connectivity index (χ0n) is 14.3. The molecule has 0 aliphatic heterocycles. The van der Waals surface area contributed by atoms with Crippen molar-refractivity contribution in [1.29, 1.82) is 0 Å². The van der Waals surface area contributed by atoms with Crippen LogP contribution in [0.4, 0.5) is 0 Å². The highest BCUT2D eigenvalue weighted by atomic mass is 16.4. The molecule has 1 amide bonds. The summed E-state index contributed by atoms with van der Waals surface area (Å²) in [5.41, 5.74) is 0.930. The van der Waals surface area contributed by atoms with E-state index < -0.39 is 5.97 Å². The van der Waals surface area contributed by atoms with E-state index in [1.807, 2.05) is 0 Å². The van der Waals surface area contributed by atoms with Gasteiger partial charge in [-0.2, -0.15) is 15.0 Å². The number of oxazole rings is 1. The zero-order chi connectivity index (χ0) is 18.7. The first-order valence-electron chi connectivity index (χ1n) is 7.88. The number of hydrogen-bond donors (Lipinski definition) is 1. The van der Waals surface area contributed by atoms with E-state index in [0.29, 0.717) is 24.2 Å². The fourth-order valence-electron chi connectivity index (χ4n) is 2.50. The van der Waals surface area contributed by atoms with E-state index in [9.17, 15) is 9.59 Å². The summed E-state index contributed by atoms with van der Waals surface area (Å²) < 4.78 is 5.34. The summed E-state index contributed by atoms with van der Waals surface area (Å²) >= 11 is 0. The Balaban J connectivity index is 1.73. The first kappa shape index (κ1) is 17.3. The van der Waals surface area contributed by atoms with Crippen molar-refractivity contribution < 1.29 is 19.1 Å². The lowest BCUT2D eigenvalue weighted by atomic mass is 10.1. The van der Waals surface area contributed by atoms with Crippen LogP contribution in [0.1, 0.15) is 32.5 Å². The smallest absolute Gasteiger partial charge is 0.358 e. The number of carbonyl (C=O) groups is 2. The summed E-state index contributed by atoms with van der Waals surface area (Å²) in [6.45, 7) is 1.86. The standard InChI is InChI=1S/C17H17N5O4/c1-11-15(17(24)25)20-14(26-11)7-10-21(2)16(23)12-5-3-4-6-13(12)22-18-8-9-19-22/h3-6,8-9H,7,10H2,1-2H3,(H,24,25). The highest BCUT2D eigenvalue weighted by Gasteiger charge is 2.19. The molecule has 0 unspecified atom stereocenters. The number of benzene rings is 1. The molecule has 1 N–H and O–H groups in total. The molecule has 9 nitrogen and oxygen atoms in total. The number of amides is 1. The van der Waals surface area contributed by atoms with Crippen LogP contribution in [0, 0.1) is 6.92 Å². The topological polar surface area (TPSA) is 114 Å². The molecule has 3 rings (SSSR count). The molecule has 0 fully saturated rings. The molecule has 0 saturated carbocycles. The van der Waals surface area contributed by atoms with Gasteiger partial charge in [-0.15, -0.1) is 0 Å². The van der Waals surface area contributed by atoms with Crippen molar-refractivity contribution in [3.8, 4) is 5.69 Å². The average molecular weight is 355 g/mol. The lowest BCUT2D eigenvalue weighted by molar-refractivity contribution is 0.0688. The summed E-state index contributed by atoms with van der Waals surface area (Å²) in [6.07, 6.45) is 3.38. The Morgan fingerprint density at radius 3 is 2.58 bits per heavy atom. The molecule has 0 spiro atoms. The number of aryl methyl sites for hydroxylation is 1. The van der Waals surface area contributed by atoms with Crippen LogP contribution in [0.2, 0.25) is 0 Å². The van der Waals surface area contributed by atoms with Crippen molar-refractivity contribution in [2.24, 2.45) is 0 Å². The maximum Gasteiger partial charge on any atom is 0.358 e. The third-order valence-electron chi connectivity index (χ3n) is 3.82. The summed E-state index contributed by atoms with van der Waals surface area (Å²) in [5.74, 6) is -0.819. The highest BCUT2D eigenvalue weighted by Crippen LogP contribution is 2.15. The molecule has 0 aliphatic rings. The Morgan fingerprint density at radius 2 is 1.92 bits per heavy atom. The van der Waals surface area contributed by atoms with Crippen molar-refractivity contribution in [1.82, 2.24) is 24.9 Å². The Bertz CT molecular complexity index is 933. The fourth-order valence-corrected chi connectivity index (χ4v) is 2.50. The van der Waals surface area contributed by atoms with Gasteiger partial charge in [0.2, 0.25) is 0 Å². The molecule has 9 heteroatoms. The number of aromatic carboxylic acids is 1. The first-order chi connectivity index (χ1) is 12.5. The van der Waals surface area contributed by atoms with Gasteiger partial charge in [0.05, 0.1) is 23.6 Å². The van der Waals surface area contributed by atoms with Gasteiger partial charge in [-0.1, -0.05) is 12.1 Å². The molecule has 0 saturated heterocycles. The number of carboxylic acid groups (broad SMARTS) is 1. The lowest BCUT2D eigenvalue weighted by Crippen LogP contribution is -2.30. The quantitative estimate of drug-likeness (QED) is 0.714. The highest BCUT2D eigenvalue weighted by molar-refractivity contribution is 5.97. The molecule has 0 radical (unpaired) electrons. The second kappa shape index (κ2) is 7.18. The van der Waals surface area contributed by atoms with Gasteiger partial charge in [-0.25, -0.2) is 9.78 Å². The molecule has 0 bridgehead atoms. The Morgan fingerprint density at radius 1 is 1.23 bits per heavy atom. The van der Waals surface area contributed by atoms with Crippen LogP contribution < -0.4 is 0 Å². The molecule has 2 heterocycles. The van der Waals surface area contributed by atoms with E-state index in [1.165, 1.54) is 22.1 Å². The monoisotopic (exact) mass is 355 g/mol. The van der Waals surface area contributed by atoms with Gasteiger partial charge in [0.25, 0.3) is 5.91 Å². The van der Waals surface area contributed by atoms with Crippen molar-refractivity contribution in [3.05, 3.63) is 59.6 Å². The molecule has 0 aliphatic carbocycles. The number of para-hydroxylation sites is 1. The third-order valence-corrected chi connectivity index (χ3v) is 3.82. The molecule has 1 aromatic carbocycles. The van der Waals surface area contributed by atoms with Gasteiger partial charge >= 0.3 is 5.97 Å². The van der Waals surface area contributed by atoms with Crippen molar-refractivity contribution >= 4 is 11.9 Å². The number of hydrogen-bond acceptors (Lipinski definition) is 6. The molecular formula is C17H17N5O4. The minimum atomic E-state index is -1.14. The van der Waals surface area contributed by atoms with Crippen LogP contribution >= 0.6 is 0 Å². The minimum absolute atomic E-state index is 0.107. The predicted octanol–water partition coefficient (Wildman–Crippen LogP) is 1.58. The second-order valence-electron chi connectivity index (χ2n) is 5.63. The van der Waals surface area contributed by atoms with Gasteiger partial charge in [0.1, 0.15) is 5.76 Å². The molecule has 2 aromatic heterocycles. The van der Waals surface area contributed by atoms with Gasteiger partial charge < -0.3 is 14.4 Å². The number of aromatic nitrogens is 4. The van der Waals surface area contributed by atoms with Crippen LogP contribution in [0.15, 0.2) is 41.1 Å². The van der Waals surface area contributed by atoms with E-state index in [-0.39, 0.29) is 23.3 Å². The van der Waals surface area contributed by atoms with Gasteiger partial charge in [-0.3, -0.25) is 4.79 Å². The number of carboxylic acids is 1. The number of likely N-dealkylation sites (N-methyl/N-ethyl adjacent to an activating group) is 1. The van der Waals surface area contributed by atoms with Crippen molar-refractivity contribution in [2.75, 3.05) is 13.6 Å². The maximum absolute atomic E-state index is 12.8. The van der Waals surface area contributed by atoms with E-state index in [0.717, 1.165) is 0 Å². The summed E-state index contributed by atoms with van der Waals surface area (Å²) in [4.78, 5) is 30.6. The molecule has 0 atom stereocenters. The van der Waals surface area contributed by atoms with Gasteiger partial charge in [0.15, 0.2) is 11.6 Å². The Hall–Kier alpha value is -3.49. The van der Waals surface area contributed by atoms with Gasteiger partial charge in [-0.05, 0) is 19.1 Å². The van der Waals surface area contributed by atoms with E-state index in [2.05, 4.69) is 15.2 Å². The van der Waals surface area contributed by atoms with Crippen LogP contribution in [0.25, 0.3) is 5.69 Å². The van der Waals surface area contributed by atoms with Crippen LogP contribution in [-0.4, -0.2) is 55.5 Å². The minimum Gasteiger partial charge on any atom is -0.476 e. The lowest BCUT2D eigenvalue weighted by Gasteiger charge is -2.18. The van der Waals surface area contributed by atoms with Crippen LogP contribution in [-0.2, 0) is 6.42 Å². The van der Waals surface area contributed by atoms with Crippen molar-refractivity contribution in [3.63, 3.8) is 0 Å². The molecule has 134 valence electrons. The van der Waals surface area contributed by atoms with E-state index in [4.69, 9.17) is 9.52 Å². The second-order valence-corrected chi connectivity index (χ2v) is 5.63. The Labute approximate surface area is 148 Å². The predicted molar refractivity (Wildman–Crippen MR) is 90.2 cm³/mol. The number of nitrogens with zero attached hydrogens (tertiary/aromatic N) is 5. The summed E-state index contributed by atoms with van der Waals surface area (Å²) in [5, 5.41) is 17.1. The number of carbonyl (C=O) groups excluding carboxylic acids is 1. The normalized spacial score (nSPS) is 10.7. The molecular weight excluding hydrogens is 338 g/mol. The largest absolute Gasteiger partial charge is 0.476 e. The summed E-state index contributed by atoms with van der Waals surface area (Å²) in [7, 11) is 1.66. The van der Waals surface area contributed by atoms with E-state index in [1.54, 1.807) is 38.2 Å². The van der Waals surface area contributed by atoms with Crippen molar-refractivity contribution in [2.45, 2.75) is 13.3 Å². The summed E-state index contributed by atoms with van der Waals surface area (Å²) in [6, 6.07) is 7.04. The number of rotatable bonds is 6. The van der Waals surface area contributed by atoms with Crippen LogP contribution in [0.3, 0.4) is 0 Å². The fraction of sp³-hybridized carbons (Fsp3) is 0.235.